The normalized spacial score (nSPS) is 19.0. The Morgan fingerprint density at radius 2 is 1.74 bits per heavy atom. The number of aliphatic imine (C=N–C) groups is 1. The average molecular weight is 889 g/mol. The summed E-state index contributed by atoms with van der Waals surface area (Å²) < 4.78 is 23.6. The topological polar surface area (TPSA) is 186 Å². The maximum absolute atomic E-state index is 14.1. The highest BCUT2D eigenvalue weighted by molar-refractivity contribution is 8.76. The van der Waals surface area contributed by atoms with Crippen LogP contribution in [0, 0.1) is 17.0 Å². The minimum atomic E-state index is -1.35. The number of aliphatic hydroxyl groups excluding tert-OH is 1. The molecule has 0 bridgehead atoms. The van der Waals surface area contributed by atoms with E-state index in [4.69, 9.17) is 18.9 Å². The van der Waals surface area contributed by atoms with Crippen LogP contribution in [0.3, 0.4) is 0 Å². The Bertz CT molecular complexity index is 2220. The predicted molar refractivity (Wildman–Crippen MR) is 239 cm³/mol. The van der Waals surface area contributed by atoms with Crippen molar-refractivity contribution in [3.8, 4) is 23.0 Å². The summed E-state index contributed by atoms with van der Waals surface area (Å²) in [7, 11) is 5.60. The number of hydrogen-bond acceptors (Lipinski definition) is 14. The summed E-state index contributed by atoms with van der Waals surface area (Å²) in [6.45, 7) is 13.4. The lowest BCUT2D eigenvalue weighted by Crippen LogP contribution is -2.50. The van der Waals surface area contributed by atoms with Crippen LogP contribution in [0.2, 0.25) is 0 Å². The van der Waals surface area contributed by atoms with E-state index < -0.39 is 23.1 Å². The maximum atomic E-state index is 14.1. The van der Waals surface area contributed by atoms with Gasteiger partial charge >= 0.3 is 5.69 Å². The number of methoxy groups -OCH3 is 2. The Hall–Kier alpha value is -5.59. The van der Waals surface area contributed by atoms with Crippen molar-refractivity contribution in [1.82, 2.24) is 14.8 Å². The van der Waals surface area contributed by atoms with E-state index in [0.29, 0.717) is 80.5 Å². The smallest absolute Gasteiger partial charge is 0.302 e. The van der Waals surface area contributed by atoms with E-state index in [9.17, 15) is 29.6 Å². The second kappa shape index (κ2) is 21.0. The van der Waals surface area contributed by atoms with Crippen molar-refractivity contribution in [3.63, 3.8) is 0 Å². The third-order valence-corrected chi connectivity index (χ3v) is 13.7. The summed E-state index contributed by atoms with van der Waals surface area (Å²) in [5.41, 5.74) is 3.70. The van der Waals surface area contributed by atoms with Gasteiger partial charge in [-0.05, 0) is 80.0 Å². The van der Waals surface area contributed by atoms with Crippen LogP contribution in [0.4, 0.5) is 17.1 Å². The molecule has 3 aliphatic rings. The number of aromatic nitrogens is 1. The van der Waals surface area contributed by atoms with Crippen LogP contribution >= 0.6 is 21.6 Å². The van der Waals surface area contributed by atoms with Gasteiger partial charge in [0.25, 0.3) is 5.91 Å². The zero-order valence-electron chi connectivity index (χ0n) is 35.3. The molecule has 0 saturated carbocycles. The number of rotatable bonds is 20. The number of anilines is 1. The fourth-order valence-electron chi connectivity index (χ4n) is 7.55. The third-order valence-electron chi connectivity index (χ3n) is 10.8. The van der Waals surface area contributed by atoms with Crippen molar-refractivity contribution in [2.75, 3.05) is 45.4 Å². The van der Waals surface area contributed by atoms with Gasteiger partial charge in [0, 0.05) is 55.4 Å². The molecule has 3 amide bonds. The first-order chi connectivity index (χ1) is 29.8. The number of nitrogens with zero attached hydrogens (tertiary/aromatic N) is 6. The summed E-state index contributed by atoms with van der Waals surface area (Å²) in [6, 6.07) is 8.92. The fraction of sp³-hybridized carbons (Fsp3) is 0.432. The highest BCUT2D eigenvalue weighted by atomic mass is 33.1. The summed E-state index contributed by atoms with van der Waals surface area (Å²) in [6.07, 6.45) is 6.28. The van der Waals surface area contributed by atoms with E-state index in [1.165, 1.54) is 51.9 Å². The summed E-state index contributed by atoms with van der Waals surface area (Å²) >= 11 is 0. The van der Waals surface area contributed by atoms with Gasteiger partial charge in [0.15, 0.2) is 34.3 Å². The zero-order chi connectivity index (χ0) is 44.5. The average Bonchev–Trinajstić information content (AvgIpc) is 3.83. The van der Waals surface area contributed by atoms with Gasteiger partial charge in [0.2, 0.25) is 12.3 Å². The standard InChI is InChI=1S/C44H52N6O10S2/c1-27-17-31(47(24-27)26-51)23-46-33-21-39(37(57-5)19-29(33)3)59-15-8-7-9-16-60-40-22-35-32(20-38(40)58-6)43(53)48-25-28(2)18-36(48)44(54)49(35)41(52)13-12-30(4)61-62-42-34(50(55)56)11-10-14-45-42/h10-11,14,19-23,26,30-31,36,44,54H,1-2,7-9,12-13,15-18,24-25H2,3-6H3/b46-23-/t30-,31?,36?,44?/m1/s1. The molecule has 3 aromatic rings. The Morgan fingerprint density at radius 1 is 1.05 bits per heavy atom. The van der Waals surface area contributed by atoms with Crippen molar-refractivity contribution in [1.29, 1.82) is 0 Å². The Labute approximate surface area is 368 Å². The number of aliphatic hydroxyl groups is 1. The number of benzene rings is 2. The number of amides is 3. The molecule has 62 heavy (non-hydrogen) atoms. The largest absolute Gasteiger partial charge is 0.493 e. The number of aryl methyl sites for hydroxylation is 1. The molecule has 3 aliphatic heterocycles. The lowest BCUT2D eigenvalue weighted by atomic mass is 10.1. The molecule has 4 atom stereocenters. The second-order valence-electron chi connectivity index (χ2n) is 15.4. The van der Waals surface area contributed by atoms with Gasteiger partial charge in [-0.3, -0.25) is 34.4 Å². The number of likely N-dealkylation sites (tertiary alicyclic amines) is 1. The van der Waals surface area contributed by atoms with Gasteiger partial charge in [-0.2, -0.15) is 0 Å². The van der Waals surface area contributed by atoms with Crippen LogP contribution in [-0.4, -0.2) is 113 Å². The number of carbonyl (C=O) groups excluding carboxylic acids is 3. The van der Waals surface area contributed by atoms with Crippen molar-refractivity contribution < 1.29 is 43.4 Å². The second-order valence-corrected chi connectivity index (χ2v) is 18.0. The number of ether oxygens (including phenoxy) is 4. The number of pyridine rings is 1. The molecular formula is C44H52N6O10S2. The molecule has 1 N–H and O–H groups in total. The van der Waals surface area contributed by atoms with Crippen molar-refractivity contribution in [2.24, 2.45) is 4.99 Å². The van der Waals surface area contributed by atoms with Crippen LogP contribution < -0.4 is 23.8 Å². The third kappa shape index (κ3) is 10.7. The van der Waals surface area contributed by atoms with E-state index in [-0.39, 0.29) is 52.1 Å². The van der Waals surface area contributed by atoms with E-state index >= 15 is 0 Å². The highest BCUT2D eigenvalue weighted by Crippen LogP contribution is 2.43. The quantitative estimate of drug-likeness (QED) is 0.0224. The van der Waals surface area contributed by atoms with Crippen molar-refractivity contribution in [2.45, 2.75) is 87.4 Å². The summed E-state index contributed by atoms with van der Waals surface area (Å²) in [5.74, 6) is 1.03. The number of fused-ring (bicyclic) bond motifs is 2. The van der Waals surface area contributed by atoms with E-state index in [2.05, 4.69) is 23.1 Å². The zero-order valence-corrected chi connectivity index (χ0v) is 37.0. The van der Waals surface area contributed by atoms with Gasteiger partial charge in [0.05, 0.1) is 61.4 Å². The summed E-state index contributed by atoms with van der Waals surface area (Å²) in [5, 5.41) is 23.4. The summed E-state index contributed by atoms with van der Waals surface area (Å²) in [4.78, 5) is 63.9. The van der Waals surface area contributed by atoms with Gasteiger partial charge in [-0.15, -0.1) is 0 Å². The highest BCUT2D eigenvalue weighted by Gasteiger charge is 2.45. The molecule has 2 saturated heterocycles. The van der Waals surface area contributed by atoms with Crippen LogP contribution in [0.15, 0.2) is 76.9 Å². The van der Waals surface area contributed by atoms with Gasteiger partial charge in [-0.25, -0.2) is 4.98 Å². The Balaban J connectivity index is 1.08. The first-order valence-corrected chi connectivity index (χ1v) is 22.5. The molecule has 6 rings (SSSR count). The molecule has 0 spiro atoms. The molecule has 3 unspecified atom stereocenters. The van der Waals surface area contributed by atoms with Gasteiger partial charge in [0.1, 0.15) is 0 Å². The SMILES string of the molecule is C=C1CC(/C=N\c2cc(OCCCCCOc3cc4c(cc3OC)C(=O)N3CC(=C)CC3C(O)N4C(=O)CC[C@@H](C)SSc3ncccc3[N+](=O)[O-])c(OC)cc2C)N(C=O)C1. The first kappa shape index (κ1) is 45.9. The number of nitro groups is 1. The molecule has 330 valence electrons. The lowest BCUT2D eigenvalue weighted by Gasteiger charge is -2.32. The molecule has 18 heteroatoms. The molecular weight excluding hydrogens is 837 g/mol. The van der Waals surface area contributed by atoms with Crippen molar-refractivity contribution in [3.05, 3.63) is 88.1 Å². The molecule has 1 aromatic heterocycles. The lowest BCUT2D eigenvalue weighted by molar-refractivity contribution is -0.388. The number of unbranched alkanes of at least 4 members (excludes halogenated alkanes) is 2. The van der Waals surface area contributed by atoms with Gasteiger partial charge < -0.3 is 33.9 Å². The molecule has 0 aliphatic carbocycles. The Morgan fingerprint density at radius 3 is 2.44 bits per heavy atom. The van der Waals surface area contributed by atoms with E-state index in [1.807, 2.05) is 26.0 Å². The monoisotopic (exact) mass is 888 g/mol. The van der Waals surface area contributed by atoms with Gasteiger partial charge in [-0.1, -0.05) is 42.0 Å². The van der Waals surface area contributed by atoms with Crippen LogP contribution in [0.1, 0.15) is 67.8 Å². The maximum Gasteiger partial charge on any atom is 0.302 e. The minimum absolute atomic E-state index is 0.0295. The molecule has 4 heterocycles. The van der Waals surface area contributed by atoms with Crippen LogP contribution in [0.5, 0.6) is 23.0 Å². The molecule has 2 fully saturated rings. The fourth-order valence-corrected chi connectivity index (χ4v) is 9.79. The van der Waals surface area contributed by atoms with E-state index in [0.717, 1.165) is 29.5 Å². The van der Waals surface area contributed by atoms with E-state index in [1.54, 1.807) is 35.3 Å². The Kier molecular flexibility index (Phi) is 15.5. The van der Waals surface area contributed by atoms with Crippen LogP contribution in [-0.2, 0) is 9.59 Å². The van der Waals surface area contributed by atoms with Crippen LogP contribution in [0.25, 0.3) is 0 Å². The van der Waals surface area contributed by atoms with Crippen molar-refractivity contribution >= 4 is 63.1 Å². The minimum Gasteiger partial charge on any atom is -0.493 e. The molecule has 2 aromatic carbocycles. The predicted octanol–water partition coefficient (Wildman–Crippen LogP) is 7.48. The molecule has 0 radical (unpaired) electrons. The first-order valence-electron chi connectivity index (χ1n) is 20.3. The number of carbonyl (C=O) groups is 3. The number of hydrogen-bond donors (Lipinski definition) is 1. The molecule has 16 nitrogen and oxygen atoms in total.